The maximum Gasteiger partial charge on any atom is 0.418 e. The van der Waals surface area contributed by atoms with Crippen molar-refractivity contribution in [1.82, 2.24) is 4.98 Å². The number of ether oxygens (including phenoxy) is 1. The molecule has 2 bridgehead atoms. The molecule has 2 saturated carbocycles. The number of imide groups is 1. The molecule has 3 fully saturated rings. The van der Waals surface area contributed by atoms with Gasteiger partial charge >= 0.3 is 11.0 Å². The van der Waals surface area contributed by atoms with Gasteiger partial charge in [-0.25, -0.2) is 4.90 Å². The van der Waals surface area contributed by atoms with Gasteiger partial charge in [-0.3, -0.25) is 19.2 Å². The van der Waals surface area contributed by atoms with E-state index in [1.54, 1.807) is 30.3 Å². The molecule has 0 radical (unpaired) electrons. The summed E-state index contributed by atoms with van der Waals surface area (Å²) >= 11 is 2.56. The third kappa shape index (κ3) is 4.91. The summed E-state index contributed by atoms with van der Waals surface area (Å²) in [5, 5.41) is 12.7. The van der Waals surface area contributed by atoms with E-state index in [0.29, 0.717) is 22.9 Å². The van der Waals surface area contributed by atoms with Gasteiger partial charge in [0.2, 0.25) is 11.8 Å². The van der Waals surface area contributed by atoms with E-state index in [0.717, 1.165) is 32.7 Å². The van der Waals surface area contributed by atoms with E-state index in [2.05, 4.69) is 10.3 Å². The Morgan fingerprint density at radius 2 is 1.71 bits per heavy atom. The average Bonchev–Trinajstić information content (AvgIpc) is 3.79. The van der Waals surface area contributed by atoms with E-state index in [1.807, 2.05) is 6.07 Å². The van der Waals surface area contributed by atoms with Crippen LogP contribution in [0, 0.1) is 29.6 Å². The van der Waals surface area contributed by atoms with Crippen molar-refractivity contribution < 1.29 is 37.4 Å². The van der Waals surface area contributed by atoms with Crippen LogP contribution < -0.4 is 19.8 Å². The lowest BCUT2D eigenvalue weighted by molar-refractivity contribution is -0.137. The van der Waals surface area contributed by atoms with E-state index < -0.39 is 47.0 Å². The summed E-state index contributed by atoms with van der Waals surface area (Å²) in [4.78, 5) is 57.3. The third-order valence-corrected chi connectivity index (χ3v) is 12.5. The normalized spacial score (nSPS) is 27.1. The van der Waals surface area contributed by atoms with Crippen LogP contribution in [0.1, 0.15) is 28.3 Å². The fourth-order valence-electron chi connectivity index (χ4n) is 8.22. The number of anilines is 2. The topological polar surface area (TPSA) is 129 Å². The summed E-state index contributed by atoms with van der Waals surface area (Å²) in [6, 6.07) is 17.9. The zero-order chi connectivity index (χ0) is 33.5. The van der Waals surface area contributed by atoms with Gasteiger partial charge in [0.25, 0.3) is 5.91 Å². The molecule has 3 aromatic carbocycles. The Hall–Kier alpha value is -4.56. The number of nitrogens with zero attached hydrogens (tertiary/aromatic N) is 1. The fraction of sp³-hybridized carbons (Fsp3) is 0.294. The maximum atomic E-state index is 14.0. The predicted octanol–water partition coefficient (Wildman–Crippen LogP) is 5.86. The number of hydrogen-bond acceptors (Lipinski definition) is 8. The van der Waals surface area contributed by atoms with Gasteiger partial charge in [0.15, 0.2) is 6.61 Å². The van der Waals surface area contributed by atoms with E-state index in [-0.39, 0.29) is 46.2 Å². The van der Waals surface area contributed by atoms with Crippen LogP contribution in [0.3, 0.4) is 0 Å². The lowest BCUT2D eigenvalue weighted by Gasteiger charge is -2.43. The second kappa shape index (κ2) is 11.3. The zero-order valence-electron chi connectivity index (χ0n) is 24.8. The molecule has 9 nitrogen and oxygen atoms in total. The Morgan fingerprint density at radius 1 is 0.979 bits per heavy atom. The van der Waals surface area contributed by atoms with Crippen LogP contribution in [0.4, 0.5) is 24.5 Å². The largest absolute Gasteiger partial charge is 0.508 e. The lowest BCUT2D eigenvalue weighted by atomic mass is 9.68. The number of para-hydroxylation sites is 1. The number of aromatic hydroxyl groups is 1. The number of fused-ring (bicyclic) bond motifs is 9. The maximum absolute atomic E-state index is 14.0. The first-order chi connectivity index (χ1) is 23.0. The van der Waals surface area contributed by atoms with Crippen LogP contribution >= 0.6 is 23.1 Å². The molecular weight excluding hydrogens is 668 g/mol. The van der Waals surface area contributed by atoms with E-state index >= 15 is 0 Å². The van der Waals surface area contributed by atoms with Crippen LogP contribution in [0.15, 0.2) is 82.6 Å². The molecule has 0 unspecified atom stereocenters. The van der Waals surface area contributed by atoms with Gasteiger partial charge < -0.3 is 20.1 Å². The minimum Gasteiger partial charge on any atom is -0.508 e. The molecule has 246 valence electrons. The summed E-state index contributed by atoms with van der Waals surface area (Å²) in [6.07, 6.45) is -4.17. The Labute approximate surface area is 279 Å². The van der Waals surface area contributed by atoms with Crippen molar-refractivity contribution in [2.75, 3.05) is 16.8 Å². The quantitative estimate of drug-likeness (QED) is 0.171. The summed E-state index contributed by atoms with van der Waals surface area (Å²) in [6.45, 7) is -0.292. The molecular formula is C34H26F3N3O6S2. The van der Waals surface area contributed by atoms with Crippen molar-refractivity contribution in [2.24, 2.45) is 29.6 Å². The molecule has 2 aliphatic heterocycles. The van der Waals surface area contributed by atoms with Crippen molar-refractivity contribution in [3.05, 3.63) is 98.5 Å². The average molecular weight is 694 g/mol. The first-order valence-electron chi connectivity index (χ1n) is 15.2. The van der Waals surface area contributed by atoms with Gasteiger partial charge in [-0.2, -0.15) is 13.2 Å². The van der Waals surface area contributed by atoms with Crippen LogP contribution in [0.2, 0.25) is 0 Å². The molecule has 3 heterocycles. The van der Waals surface area contributed by atoms with E-state index in [4.69, 9.17) is 4.74 Å². The minimum atomic E-state index is -4.75. The number of phenols is 1. The SMILES string of the molecule is O=C(COc1cccc([C@@H]2c3sc(=O)[nH]c3S[C@@H]3[C@@H]4C[C@@H]([C@@H]5C(=O)N(c6ccccc6C(F)(F)F)C(=O)[C@@H]45)[C@H]23)c1)Nc1ccc(O)cc1. The Bertz CT molecular complexity index is 2030. The molecule has 7 atom stereocenters. The molecule has 14 heteroatoms. The number of carbonyl (C=O) groups is 3. The fourth-order valence-corrected chi connectivity index (χ4v) is 11.1. The summed E-state index contributed by atoms with van der Waals surface area (Å²) in [5.74, 6) is -3.75. The van der Waals surface area contributed by atoms with Crippen molar-refractivity contribution in [2.45, 2.75) is 28.8 Å². The van der Waals surface area contributed by atoms with Crippen LogP contribution in [0.5, 0.6) is 11.5 Å². The monoisotopic (exact) mass is 693 g/mol. The van der Waals surface area contributed by atoms with Crippen LogP contribution in [-0.4, -0.2) is 39.7 Å². The van der Waals surface area contributed by atoms with Gasteiger partial charge in [-0.1, -0.05) is 35.6 Å². The van der Waals surface area contributed by atoms with Gasteiger partial charge in [0, 0.05) is 21.7 Å². The van der Waals surface area contributed by atoms with Gasteiger partial charge in [0.1, 0.15) is 11.5 Å². The smallest absolute Gasteiger partial charge is 0.418 e. The number of aromatic amines is 1. The molecule has 8 rings (SSSR count). The van der Waals surface area contributed by atoms with Crippen molar-refractivity contribution in [3.63, 3.8) is 0 Å². The number of carbonyl (C=O) groups excluding carboxylic acids is 3. The molecule has 2 aliphatic carbocycles. The highest BCUT2D eigenvalue weighted by Gasteiger charge is 2.70. The number of rotatable bonds is 6. The van der Waals surface area contributed by atoms with Crippen molar-refractivity contribution in [1.29, 1.82) is 0 Å². The number of thiazole rings is 1. The molecule has 0 spiro atoms. The Balaban J connectivity index is 1.10. The third-order valence-electron chi connectivity index (χ3n) is 9.91. The number of H-pyrrole nitrogens is 1. The number of phenolic OH excluding ortho intramolecular Hbond substituents is 1. The number of thioether (sulfide) groups is 1. The van der Waals surface area contributed by atoms with Gasteiger partial charge in [-0.05, 0) is 78.3 Å². The minimum absolute atomic E-state index is 0.0685. The highest BCUT2D eigenvalue weighted by molar-refractivity contribution is 8.00. The number of nitrogens with one attached hydrogen (secondary N) is 2. The number of aromatic nitrogens is 1. The number of alkyl halides is 3. The molecule has 3 amide bonds. The number of hydrogen-bond donors (Lipinski definition) is 3. The van der Waals surface area contributed by atoms with E-state index in [1.165, 1.54) is 42.1 Å². The van der Waals surface area contributed by atoms with Crippen molar-refractivity contribution in [3.8, 4) is 11.5 Å². The molecule has 4 aromatic rings. The highest BCUT2D eigenvalue weighted by Crippen LogP contribution is 2.69. The standard InChI is InChI=1S/C34H26F3N3O6S2/c35-34(36,37)21-6-1-2-7-22(21)40-31(43)26-19-13-20(27(26)32(40)44)28-25(19)24(29-30(47-28)39-33(45)48-29)15-4-3-5-18(12-15)46-14-23(42)38-16-8-10-17(41)11-9-16/h1-12,19-20,24-28,41H,13-14H2,(H,38,42)(H,39,45)/t19-,20-,24+,25-,26+,27+,28-/m1/s1. The molecule has 1 saturated heterocycles. The number of benzene rings is 3. The summed E-state index contributed by atoms with van der Waals surface area (Å²) in [7, 11) is 0. The Morgan fingerprint density at radius 3 is 2.46 bits per heavy atom. The molecule has 48 heavy (non-hydrogen) atoms. The first kappa shape index (κ1) is 30.8. The second-order valence-corrected chi connectivity index (χ2v) is 14.6. The lowest BCUT2D eigenvalue weighted by Crippen LogP contribution is -2.42. The zero-order valence-corrected chi connectivity index (χ0v) is 26.4. The molecule has 3 N–H and O–H groups in total. The number of halogens is 3. The number of amides is 3. The van der Waals surface area contributed by atoms with Crippen molar-refractivity contribution >= 4 is 52.2 Å². The highest BCUT2D eigenvalue weighted by atomic mass is 32.2. The molecule has 4 aliphatic rings. The van der Waals surface area contributed by atoms with E-state index in [9.17, 15) is 37.5 Å². The molecule has 1 aromatic heterocycles. The van der Waals surface area contributed by atoms with Gasteiger partial charge in [-0.15, -0.1) is 11.8 Å². The predicted molar refractivity (Wildman–Crippen MR) is 171 cm³/mol. The summed E-state index contributed by atoms with van der Waals surface area (Å²) < 4.78 is 47.7. The summed E-state index contributed by atoms with van der Waals surface area (Å²) in [5.41, 5.74) is -0.176. The van der Waals surface area contributed by atoms with Gasteiger partial charge in [0.05, 0.1) is 28.1 Å². The second-order valence-electron chi connectivity index (χ2n) is 12.4. The van der Waals surface area contributed by atoms with Crippen LogP contribution in [-0.2, 0) is 20.6 Å². The Kier molecular flexibility index (Phi) is 7.22. The first-order valence-corrected chi connectivity index (χ1v) is 16.9. The van der Waals surface area contributed by atoms with Crippen LogP contribution in [0.25, 0.3) is 0 Å².